The summed E-state index contributed by atoms with van der Waals surface area (Å²) in [7, 11) is 0. The molecule has 1 unspecified atom stereocenters. The summed E-state index contributed by atoms with van der Waals surface area (Å²) in [4.78, 5) is 38.1. The molecule has 1 saturated heterocycles. The van der Waals surface area contributed by atoms with E-state index in [-0.39, 0.29) is 5.91 Å². The monoisotopic (exact) mass is 298 g/mol. The minimum absolute atomic E-state index is 0.285. The number of amides is 4. The molecule has 4 amide bonds. The molecule has 1 atom stereocenters. The van der Waals surface area contributed by atoms with Crippen molar-refractivity contribution in [2.24, 2.45) is 0 Å². The summed E-state index contributed by atoms with van der Waals surface area (Å²) in [6, 6.07) is 9.65. The Kier molecular flexibility index (Phi) is 3.17. The highest BCUT2D eigenvalue weighted by atomic mass is 16.2. The smallest absolute Gasteiger partial charge is 0.322 e. The summed E-state index contributed by atoms with van der Waals surface area (Å²) in [6.45, 7) is 1.61. The number of benzene rings is 1. The third-order valence-electron chi connectivity index (χ3n) is 3.59. The Balaban J connectivity index is 1.86. The lowest BCUT2D eigenvalue weighted by atomic mass is 9.92. The SMILES string of the molecule is CC1(c2cccc(NC(=O)c3ccc[nH]3)c2)NC(=O)NC1=O. The molecular weight excluding hydrogens is 284 g/mol. The molecule has 4 N–H and O–H groups in total. The van der Waals surface area contributed by atoms with Gasteiger partial charge in [-0.3, -0.25) is 14.9 Å². The number of carbonyl (C=O) groups is 3. The number of hydrogen-bond acceptors (Lipinski definition) is 3. The molecule has 22 heavy (non-hydrogen) atoms. The number of rotatable bonds is 3. The normalized spacial score (nSPS) is 20.4. The maximum absolute atomic E-state index is 12.0. The van der Waals surface area contributed by atoms with Crippen LogP contribution < -0.4 is 16.0 Å². The molecule has 0 aliphatic carbocycles. The van der Waals surface area contributed by atoms with E-state index in [0.717, 1.165) is 0 Å². The third-order valence-corrected chi connectivity index (χ3v) is 3.59. The minimum atomic E-state index is -1.15. The zero-order chi connectivity index (χ0) is 15.7. The number of urea groups is 1. The van der Waals surface area contributed by atoms with Crippen molar-refractivity contribution in [2.75, 3.05) is 5.32 Å². The Morgan fingerprint density at radius 2 is 2.00 bits per heavy atom. The van der Waals surface area contributed by atoms with Crippen LogP contribution >= 0.6 is 0 Å². The van der Waals surface area contributed by atoms with E-state index in [2.05, 4.69) is 20.9 Å². The molecule has 1 fully saturated rings. The van der Waals surface area contributed by atoms with Crippen molar-refractivity contribution < 1.29 is 14.4 Å². The van der Waals surface area contributed by atoms with Gasteiger partial charge in [-0.15, -0.1) is 0 Å². The molecule has 2 aromatic rings. The van der Waals surface area contributed by atoms with Crippen molar-refractivity contribution >= 4 is 23.5 Å². The van der Waals surface area contributed by atoms with E-state index in [1.165, 1.54) is 0 Å². The van der Waals surface area contributed by atoms with E-state index < -0.39 is 17.5 Å². The van der Waals surface area contributed by atoms with Gasteiger partial charge in [-0.05, 0) is 36.8 Å². The van der Waals surface area contributed by atoms with E-state index >= 15 is 0 Å². The first-order valence-corrected chi connectivity index (χ1v) is 6.68. The highest BCUT2D eigenvalue weighted by molar-refractivity contribution is 6.07. The molecule has 7 heteroatoms. The van der Waals surface area contributed by atoms with Crippen LogP contribution in [0.4, 0.5) is 10.5 Å². The average molecular weight is 298 g/mol. The number of nitrogens with one attached hydrogen (secondary N) is 4. The van der Waals surface area contributed by atoms with Gasteiger partial charge in [-0.2, -0.15) is 0 Å². The van der Waals surface area contributed by atoms with Gasteiger partial charge in [0.25, 0.3) is 11.8 Å². The Morgan fingerprint density at radius 3 is 2.64 bits per heavy atom. The summed E-state index contributed by atoms with van der Waals surface area (Å²) in [5.74, 6) is -0.711. The second kappa shape index (κ2) is 5.03. The first kappa shape index (κ1) is 13.9. The average Bonchev–Trinajstić information content (AvgIpc) is 3.09. The van der Waals surface area contributed by atoms with Gasteiger partial charge in [0.1, 0.15) is 11.2 Å². The first-order valence-electron chi connectivity index (χ1n) is 6.68. The zero-order valence-electron chi connectivity index (χ0n) is 11.8. The van der Waals surface area contributed by atoms with Crippen molar-refractivity contribution in [1.29, 1.82) is 0 Å². The highest BCUT2D eigenvalue weighted by Gasteiger charge is 2.43. The molecule has 2 heterocycles. The Bertz CT molecular complexity index is 754. The van der Waals surface area contributed by atoms with Gasteiger partial charge in [-0.25, -0.2) is 4.79 Å². The van der Waals surface area contributed by atoms with Crippen LogP contribution in [-0.4, -0.2) is 22.8 Å². The van der Waals surface area contributed by atoms with Gasteiger partial charge in [0.05, 0.1) is 0 Å². The van der Waals surface area contributed by atoms with E-state index in [9.17, 15) is 14.4 Å². The second-order valence-electron chi connectivity index (χ2n) is 5.15. The molecule has 1 aromatic carbocycles. The number of imide groups is 1. The molecule has 1 aliphatic rings. The van der Waals surface area contributed by atoms with Crippen LogP contribution in [0.25, 0.3) is 0 Å². The molecule has 7 nitrogen and oxygen atoms in total. The fourth-order valence-corrected chi connectivity index (χ4v) is 2.32. The fourth-order valence-electron chi connectivity index (χ4n) is 2.32. The van der Waals surface area contributed by atoms with Crippen LogP contribution in [0.2, 0.25) is 0 Å². The van der Waals surface area contributed by atoms with Gasteiger partial charge >= 0.3 is 6.03 Å². The minimum Gasteiger partial charge on any atom is -0.357 e. The largest absolute Gasteiger partial charge is 0.357 e. The van der Waals surface area contributed by atoms with E-state index in [4.69, 9.17) is 0 Å². The lowest BCUT2D eigenvalue weighted by molar-refractivity contribution is -0.123. The summed E-state index contributed by atoms with van der Waals surface area (Å²) in [6.07, 6.45) is 1.66. The van der Waals surface area contributed by atoms with E-state index in [1.807, 2.05) is 0 Å². The lowest BCUT2D eigenvalue weighted by Gasteiger charge is -2.21. The highest BCUT2D eigenvalue weighted by Crippen LogP contribution is 2.26. The summed E-state index contributed by atoms with van der Waals surface area (Å²) < 4.78 is 0. The van der Waals surface area contributed by atoms with Crippen LogP contribution in [0.15, 0.2) is 42.6 Å². The summed E-state index contributed by atoms with van der Waals surface area (Å²) in [5.41, 5.74) is 0.403. The van der Waals surface area contributed by atoms with Gasteiger partial charge < -0.3 is 15.6 Å². The molecule has 0 spiro atoms. The Labute approximate surface area is 126 Å². The van der Waals surface area contributed by atoms with Crippen molar-refractivity contribution in [3.8, 4) is 0 Å². The van der Waals surface area contributed by atoms with E-state index in [0.29, 0.717) is 16.9 Å². The van der Waals surface area contributed by atoms with E-state index in [1.54, 1.807) is 49.5 Å². The predicted molar refractivity (Wildman–Crippen MR) is 79.2 cm³/mol. The third kappa shape index (κ3) is 2.32. The Hall–Kier alpha value is -3.09. The number of hydrogen-bond donors (Lipinski definition) is 4. The first-order chi connectivity index (χ1) is 10.5. The van der Waals surface area contributed by atoms with Crippen LogP contribution in [0, 0.1) is 0 Å². The molecule has 0 saturated carbocycles. The topological polar surface area (TPSA) is 103 Å². The maximum Gasteiger partial charge on any atom is 0.322 e. The van der Waals surface area contributed by atoms with Crippen molar-refractivity contribution in [3.05, 3.63) is 53.9 Å². The maximum atomic E-state index is 12.0. The quantitative estimate of drug-likeness (QED) is 0.642. The predicted octanol–water partition coefficient (Wildman–Crippen LogP) is 1.32. The number of aromatic amines is 1. The molecule has 112 valence electrons. The number of H-pyrrole nitrogens is 1. The zero-order valence-corrected chi connectivity index (χ0v) is 11.8. The van der Waals surface area contributed by atoms with Gasteiger partial charge in [0, 0.05) is 11.9 Å². The summed E-state index contributed by atoms with van der Waals surface area (Å²) in [5, 5.41) is 7.53. The van der Waals surface area contributed by atoms with Gasteiger partial charge in [-0.1, -0.05) is 12.1 Å². The number of carbonyl (C=O) groups excluding carboxylic acids is 3. The van der Waals surface area contributed by atoms with Crippen LogP contribution in [0.3, 0.4) is 0 Å². The Morgan fingerprint density at radius 1 is 1.18 bits per heavy atom. The molecule has 1 aromatic heterocycles. The van der Waals surface area contributed by atoms with Gasteiger partial charge in [0.15, 0.2) is 0 Å². The van der Waals surface area contributed by atoms with Crippen molar-refractivity contribution in [3.63, 3.8) is 0 Å². The van der Waals surface area contributed by atoms with Gasteiger partial charge in [0.2, 0.25) is 0 Å². The van der Waals surface area contributed by atoms with Crippen LogP contribution in [0.5, 0.6) is 0 Å². The standard InChI is InChI=1S/C15H14N4O3/c1-15(13(21)18-14(22)19-15)9-4-2-5-10(8-9)17-12(20)11-6-3-7-16-11/h2-8,16H,1H3,(H,17,20)(H2,18,19,21,22). The molecule has 1 aliphatic heterocycles. The number of aromatic nitrogens is 1. The summed E-state index contributed by atoms with van der Waals surface area (Å²) >= 11 is 0. The van der Waals surface area contributed by atoms with Crippen molar-refractivity contribution in [2.45, 2.75) is 12.5 Å². The number of anilines is 1. The van der Waals surface area contributed by atoms with Crippen LogP contribution in [0.1, 0.15) is 23.0 Å². The molecule has 0 radical (unpaired) electrons. The fraction of sp³-hybridized carbons (Fsp3) is 0.133. The van der Waals surface area contributed by atoms with Crippen molar-refractivity contribution in [1.82, 2.24) is 15.6 Å². The van der Waals surface area contributed by atoms with Crippen LogP contribution in [-0.2, 0) is 10.3 Å². The molecular formula is C15H14N4O3. The second-order valence-corrected chi connectivity index (χ2v) is 5.15. The molecule has 3 rings (SSSR count). The lowest BCUT2D eigenvalue weighted by Crippen LogP contribution is -2.40. The molecule has 0 bridgehead atoms.